The van der Waals surface area contributed by atoms with Crippen LogP contribution in [0.25, 0.3) is 38.2 Å². The van der Waals surface area contributed by atoms with Gasteiger partial charge in [-0.05, 0) is 45.0 Å². The van der Waals surface area contributed by atoms with Gasteiger partial charge in [0.15, 0.2) is 11.5 Å². The number of benzene rings is 1. The lowest BCUT2D eigenvalue weighted by atomic mass is 10.1. The van der Waals surface area contributed by atoms with Crippen molar-refractivity contribution in [3.63, 3.8) is 0 Å². The molecule has 5 aromatic rings. The molecule has 6 nitrogen and oxygen atoms in total. The summed E-state index contributed by atoms with van der Waals surface area (Å²) in [7, 11) is 4.21. The van der Waals surface area contributed by atoms with Crippen LogP contribution < -0.4 is 0 Å². The van der Waals surface area contributed by atoms with E-state index in [1.807, 2.05) is 22.2 Å². The first kappa shape index (κ1) is 17.1. The van der Waals surface area contributed by atoms with E-state index >= 15 is 0 Å². The molecule has 1 aliphatic rings. The summed E-state index contributed by atoms with van der Waals surface area (Å²) in [6, 6.07) is 8.52. The van der Waals surface area contributed by atoms with Gasteiger partial charge in [0.05, 0.1) is 5.39 Å². The van der Waals surface area contributed by atoms with Gasteiger partial charge in [-0.15, -0.1) is 16.4 Å². The zero-order valence-electron chi connectivity index (χ0n) is 16.6. The second kappa shape index (κ2) is 6.37. The lowest BCUT2D eigenvalue weighted by Crippen LogP contribution is -2.17. The van der Waals surface area contributed by atoms with E-state index in [-0.39, 0.29) is 0 Å². The minimum atomic E-state index is 0.775. The van der Waals surface area contributed by atoms with Crippen molar-refractivity contribution in [2.24, 2.45) is 0 Å². The largest absolute Gasteiger partial charge is 0.345 e. The Bertz CT molecular complexity index is 1370. The highest BCUT2D eigenvalue weighted by Crippen LogP contribution is 2.38. The van der Waals surface area contributed by atoms with E-state index in [0.717, 1.165) is 41.4 Å². The van der Waals surface area contributed by atoms with Gasteiger partial charge in [0, 0.05) is 40.6 Å². The molecule has 0 amide bonds. The highest BCUT2D eigenvalue weighted by Gasteiger charge is 2.23. The van der Waals surface area contributed by atoms with E-state index in [2.05, 4.69) is 59.0 Å². The topological polar surface area (TPSA) is 51.2 Å². The van der Waals surface area contributed by atoms with Crippen LogP contribution in [0.5, 0.6) is 0 Å². The molecule has 0 fully saturated rings. The van der Waals surface area contributed by atoms with Crippen molar-refractivity contribution in [2.75, 3.05) is 20.6 Å². The summed E-state index contributed by atoms with van der Waals surface area (Å²) in [5.41, 5.74) is 4.69. The first-order valence-electron chi connectivity index (χ1n) is 10.1. The summed E-state index contributed by atoms with van der Waals surface area (Å²) < 4.78 is 4.17. The molecule has 0 N–H and O–H groups in total. The Morgan fingerprint density at radius 3 is 2.97 bits per heavy atom. The number of hydrogen-bond acceptors (Lipinski definition) is 5. The molecule has 146 valence electrons. The van der Waals surface area contributed by atoms with E-state index in [1.165, 1.54) is 39.6 Å². The Labute approximate surface area is 172 Å². The Kier molecular flexibility index (Phi) is 3.76. The van der Waals surface area contributed by atoms with Crippen LogP contribution in [-0.2, 0) is 19.4 Å². The van der Waals surface area contributed by atoms with Crippen molar-refractivity contribution in [3.05, 3.63) is 47.2 Å². The summed E-state index contributed by atoms with van der Waals surface area (Å²) in [4.78, 5) is 14.5. The zero-order valence-corrected chi connectivity index (χ0v) is 17.4. The second-order valence-corrected chi connectivity index (χ2v) is 9.13. The van der Waals surface area contributed by atoms with Crippen LogP contribution in [-0.4, -0.2) is 49.7 Å². The predicted octanol–water partition coefficient (Wildman–Crippen LogP) is 4.01. The normalized spacial score (nSPS) is 14.0. The number of nitrogens with zero attached hydrogens (tertiary/aromatic N) is 6. The lowest BCUT2D eigenvalue weighted by molar-refractivity contribution is 0.387. The van der Waals surface area contributed by atoms with Crippen LogP contribution in [0.4, 0.5) is 0 Å². The molecule has 0 unspecified atom stereocenters. The van der Waals surface area contributed by atoms with Crippen LogP contribution in [0.2, 0.25) is 0 Å². The molecule has 0 atom stereocenters. The molecular formula is C22H22N6S. The molecule has 29 heavy (non-hydrogen) atoms. The molecule has 4 heterocycles. The predicted molar refractivity (Wildman–Crippen MR) is 118 cm³/mol. The molecule has 0 radical (unpaired) electrons. The Balaban J connectivity index is 1.55. The van der Waals surface area contributed by atoms with Gasteiger partial charge in [-0.3, -0.25) is 0 Å². The van der Waals surface area contributed by atoms with Crippen molar-refractivity contribution >= 4 is 38.1 Å². The molecule has 0 aliphatic heterocycles. The fourth-order valence-electron chi connectivity index (χ4n) is 4.42. The fraction of sp³-hybridized carbons (Fsp3) is 0.318. The molecular weight excluding hydrogens is 380 g/mol. The number of likely N-dealkylation sites (N-methyl/N-ethyl adjacent to an activating group) is 1. The van der Waals surface area contributed by atoms with Gasteiger partial charge in [0.25, 0.3) is 0 Å². The van der Waals surface area contributed by atoms with Crippen molar-refractivity contribution < 1.29 is 0 Å². The smallest absolute Gasteiger partial charge is 0.184 e. The second-order valence-electron chi connectivity index (χ2n) is 8.04. The Morgan fingerprint density at radius 1 is 1.17 bits per heavy atom. The van der Waals surface area contributed by atoms with Crippen LogP contribution in [0, 0.1) is 0 Å². The van der Waals surface area contributed by atoms with Crippen LogP contribution in [0.1, 0.15) is 16.9 Å². The minimum absolute atomic E-state index is 0.775. The summed E-state index contributed by atoms with van der Waals surface area (Å²) in [6.07, 6.45) is 7.54. The molecule has 7 heteroatoms. The monoisotopic (exact) mass is 402 g/mol. The van der Waals surface area contributed by atoms with E-state index in [0.29, 0.717) is 0 Å². The fourth-order valence-corrected chi connectivity index (χ4v) is 5.65. The maximum Gasteiger partial charge on any atom is 0.184 e. The first-order chi connectivity index (χ1) is 14.2. The van der Waals surface area contributed by atoms with Gasteiger partial charge >= 0.3 is 0 Å². The third-order valence-corrected chi connectivity index (χ3v) is 7.06. The van der Waals surface area contributed by atoms with Crippen molar-refractivity contribution in [1.29, 1.82) is 0 Å². The van der Waals surface area contributed by atoms with Gasteiger partial charge < -0.3 is 9.47 Å². The summed E-state index contributed by atoms with van der Waals surface area (Å²) in [5, 5.41) is 7.23. The third kappa shape index (κ3) is 2.61. The average Bonchev–Trinajstić information content (AvgIpc) is 3.46. The molecule has 0 spiro atoms. The molecule has 0 saturated carbocycles. The van der Waals surface area contributed by atoms with Crippen LogP contribution in [0.3, 0.4) is 0 Å². The molecule has 1 aliphatic carbocycles. The summed E-state index contributed by atoms with van der Waals surface area (Å²) >= 11 is 1.82. The van der Waals surface area contributed by atoms with E-state index < -0.39 is 0 Å². The van der Waals surface area contributed by atoms with Crippen LogP contribution >= 0.6 is 11.3 Å². The average molecular weight is 403 g/mol. The number of rotatable bonds is 4. The Morgan fingerprint density at radius 2 is 2.07 bits per heavy atom. The first-order valence-corrected chi connectivity index (χ1v) is 10.9. The quantitative estimate of drug-likeness (QED) is 0.456. The van der Waals surface area contributed by atoms with Crippen molar-refractivity contribution in [2.45, 2.75) is 25.8 Å². The van der Waals surface area contributed by atoms with Gasteiger partial charge in [0.1, 0.15) is 11.2 Å². The number of thiophene rings is 1. The molecule has 4 aromatic heterocycles. The SMILES string of the molecule is CN(C)CCn1cc(-c2nc3c4c5c(sc4ncn3n2)CCC5)c2ccccc21. The van der Waals surface area contributed by atoms with E-state index in [1.54, 1.807) is 0 Å². The number of fused-ring (bicyclic) bond motifs is 6. The molecule has 0 saturated heterocycles. The number of aromatic nitrogens is 5. The highest BCUT2D eigenvalue weighted by molar-refractivity contribution is 7.19. The van der Waals surface area contributed by atoms with Gasteiger partial charge in [-0.2, -0.15) is 0 Å². The van der Waals surface area contributed by atoms with Crippen LogP contribution in [0.15, 0.2) is 36.8 Å². The summed E-state index contributed by atoms with van der Waals surface area (Å²) in [6.45, 7) is 1.92. The van der Waals surface area contributed by atoms with Crippen molar-refractivity contribution in [1.82, 2.24) is 29.0 Å². The van der Waals surface area contributed by atoms with Gasteiger partial charge in [-0.25, -0.2) is 14.5 Å². The highest BCUT2D eigenvalue weighted by atomic mass is 32.1. The summed E-state index contributed by atoms with van der Waals surface area (Å²) in [5.74, 6) is 0.775. The molecule has 1 aromatic carbocycles. The lowest BCUT2D eigenvalue weighted by Gasteiger charge is -2.10. The number of aryl methyl sites for hydroxylation is 2. The number of hydrogen-bond donors (Lipinski definition) is 0. The number of para-hydroxylation sites is 1. The molecule has 6 rings (SSSR count). The standard InChI is InChI=1S/C22H22N6S/c1-26(2)10-11-27-12-16(14-6-3-4-8-17(14)27)20-24-21-19-15-7-5-9-18(15)29-22(19)23-13-28(21)25-20/h3-4,6,8,12-13H,5,7,9-11H2,1-2H3. The maximum absolute atomic E-state index is 5.01. The maximum atomic E-state index is 5.01. The van der Waals surface area contributed by atoms with Crippen molar-refractivity contribution in [3.8, 4) is 11.4 Å². The van der Waals surface area contributed by atoms with Gasteiger partial charge in [0.2, 0.25) is 0 Å². The van der Waals surface area contributed by atoms with E-state index in [9.17, 15) is 0 Å². The minimum Gasteiger partial charge on any atom is -0.345 e. The third-order valence-electron chi connectivity index (χ3n) is 5.86. The van der Waals surface area contributed by atoms with Gasteiger partial charge in [-0.1, -0.05) is 18.2 Å². The Hall–Kier alpha value is -2.77. The van der Waals surface area contributed by atoms with E-state index in [4.69, 9.17) is 10.1 Å². The molecule has 0 bridgehead atoms. The zero-order chi connectivity index (χ0) is 19.5.